The lowest BCUT2D eigenvalue weighted by atomic mass is 9.66. The zero-order chi connectivity index (χ0) is 24.5. The maximum Gasteiger partial charge on any atom is 0.257 e. The molecular formula is C33H38NO+. The first-order chi connectivity index (χ1) is 16.8. The van der Waals surface area contributed by atoms with Gasteiger partial charge in [0, 0.05) is 16.2 Å². The van der Waals surface area contributed by atoms with E-state index in [4.69, 9.17) is 4.74 Å². The van der Waals surface area contributed by atoms with E-state index < -0.39 is 0 Å². The summed E-state index contributed by atoms with van der Waals surface area (Å²) in [4.78, 5) is 0. The van der Waals surface area contributed by atoms with E-state index in [0.717, 1.165) is 11.5 Å². The molecule has 6 rings (SSSR count). The molecule has 0 atom stereocenters. The van der Waals surface area contributed by atoms with Gasteiger partial charge in [0.2, 0.25) is 5.75 Å². The predicted molar refractivity (Wildman–Crippen MR) is 147 cm³/mol. The number of aromatic nitrogens is 1. The van der Waals surface area contributed by atoms with Gasteiger partial charge in [-0.05, 0) is 104 Å². The molecule has 4 aromatic rings. The number of hydrogen-bond acceptors (Lipinski definition) is 1. The summed E-state index contributed by atoms with van der Waals surface area (Å²) in [5, 5.41) is 5.02. The molecule has 1 aliphatic heterocycles. The topological polar surface area (TPSA) is 13.1 Å². The van der Waals surface area contributed by atoms with Crippen molar-refractivity contribution in [2.75, 3.05) is 0 Å². The maximum atomic E-state index is 6.81. The standard InChI is InChI=1S/C33H38NO/c1-7-33(8-2)13-11-23(12-14-33)24-9-10-25-19-34(6)31-29-22(5)21(4)17-26-15-20(3)16-28(30(26)29)35-32(31)27(25)18-24/h9-10,15-19,23H,7-8,11-14H2,1-6H3/q+1. The minimum atomic E-state index is 0.568. The Morgan fingerprint density at radius 2 is 1.69 bits per heavy atom. The molecule has 0 spiro atoms. The highest BCUT2D eigenvalue weighted by atomic mass is 16.5. The molecule has 35 heavy (non-hydrogen) atoms. The summed E-state index contributed by atoms with van der Waals surface area (Å²) in [5.74, 6) is 2.67. The molecule has 0 bridgehead atoms. The van der Waals surface area contributed by atoms with Crippen LogP contribution in [0.4, 0.5) is 0 Å². The summed E-state index contributed by atoms with van der Waals surface area (Å²) in [6, 6.07) is 14.0. The van der Waals surface area contributed by atoms with Crippen LogP contribution in [0.2, 0.25) is 0 Å². The third-order valence-electron chi connectivity index (χ3n) is 9.55. The Balaban J connectivity index is 1.53. The van der Waals surface area contributed by atoms with Crippen molar-refractivity contribution >= 4 is 21.5 Å². The van der Waals surface area contributed by atoms with Crippen molar-refractivity contribution in [2.45, 2.75) is 79.1 Å². The van der Waals surface area contributed by atoms with Crippen molar-refractivity contribution in [2.24, 2.45) is 12.5 Å². The number of pyridine rings is 1. The highest BCUT2D eigenvalue weighted by molar-refractivity contribution is 6.07. The summed E-state index contributed by atoms with van der Waals surface area (Å²) in [6.07, 6.45) is 10.2. The third kappa shape index (κ3) is 3.40. The number of rotatable bonds is 3. The van der Waals surface area contributed by atoms with E-state index in [-0.39, 0.29) is 0 Å². The maximum absolute atomic E-state index is 6.81. The van der Waals surface area contributed by atoms with Crippen molar-refractivity contribution < 1.29 is 9.30 Å². The van der Waals surface area contributed by atoms with Crippen LogP contribution in [0.15, 0.2) is 42.6 Å². The van der Waals surface area contributed by atoms with E-state index in [1.165, 1.54) is 93.6 Å². The fourth-order valence-corrected chi connectivity index (χ4v) is 6.99. The quantitative estimate of drug-likeness (QED) is 0.243. The first kappa shape index (κ1) is 22.6. The number of benzene rings is 3. The van der Waals surface area contributed by atoms with Crippen molar-refractivity contribution in [3.05, 3.63) is 64.8 Å². The molecule has 2 aliphatic rings. The molecule has 0 radical (unpaired) electrons. The Hall–Kier alpha value is -2.87. The molecule has 0 saturated heterocycles. The lowest BCUT2D eigenvalue weighted by Crippen LogP contribution is -2.32. The molecule has 1 aromatic heterocycles. The van der Waals surface area contributed by atoms with Crippen LogP contribution >= 0.6 is 0 Å². The first-order valence-electron chi connectivity index (χ1n) is 13.5. The van der Waals surface area contributed by atoms with Crippen LogP contribution in [0.3, 0.4) is 0 Å². The number of fused-ring (bicyclic) bond motifs is 4. The molecule has 2 heterocycles. The molecule has 2 nitrogen and oxygen atoms in total. The Morgan fingerprint density at radius 3 is 2.40 bits per heavy atom. The molecule has 1 aliphatic carbocycles. The molecule has 180 valence electrons. The largest absolute Gasteiger partial charge is 0.449 e. The van der Waals surface area contributed by atoms with Gasteiger partial charge >= 0.3 is 0 Å². The molecule has 0 unspecified atom stereocenters. The minimum absolute atomic E-state index is 0.568. The van der Waals surface area contributed by atoms with Gasteiger partial charge in [0.05, 0.1) is 5.56 Å². The monoisotopic (exact) mass is 464 g/mol. The van der Waals surface area contributed by atoms with Gasteiger partial charge in [-0.3, -0.25) is 0 Å². The normalized spacial score (nSPS) is 17.0. The van der Waals surface area contributed by atoms with E-state index in [0.29, 0.717) is 11.3 Å². The van der Waals surface area contributed by atoms with E-state index in [1.807, 2.05) is 0 Å². The van der Waals surface area contributed by atoms with Gasteiger partial charge in [-0.1, -0.05) is 44.9 Å². The second kappa shape index (κ2) is 8.08. The van der Waals surface area contributed by atoms with Gasteiger partial charge in [-0.15, -0.1) is 0 Å². The van der Waals surface area contributed by atoms with Crippen LogP contribution in [0.25, 0.3) is 32.8 Å². The van der Waals surface area contributed by atoms with E-state index in [9.17, 15) is 0 Å². The fourth-order valence-electron chi connectivity index (χ4n) is 6.99. The van der Waals surface area contributed by atoms with E-state index in [1.54, 1.807) is 0 Å². The fraction of sp³-hybridized carbons (Fsp3) is 0.424. The molecule has 0 amide bonds. The lowest BCUT2D eigenvalue weighted by molar-refractivity contribution is -0.659. The van der Waals surface area contributed by atoms with Crippen molar-refractivity contribution in [1.82, 2.24) is 0 Å². The summed E-state index contributed by atoms with van der Waals surface area (Å²) in [5.41, 5.74) is 8.52. The Morgan fingerprint density at radius 1 is 0.943 bits per heavy atom. The zero-order valence-electron chi connectivity index (χ0n) is 22.2. The van der Waals surface area contributed by atoms with E-state index >= 15 is 0 Å². The van der Waals surface area contributed by atoms with Gasteiger partial charge in [0.1, 0.15) is 12.8 Å². The number of ether oxygens (including phenoxy) is 1. The molecule has 1 saturated carbocycles. The van der Waals surface area contributed by atoms with Crippen molar-refractivity contribution in [1.29, 1.82) is 0 Å². The summed E-state index contributed by atoms with van der Waals surface area (Å²) < 4.78 is 9.09. The Kier molecular flexibility index (Phi) is 5.22. The van der Waals surface area contributed by atoms with Crippen LogP contribution in [-0.4, -0.2) is 0 Å². The molecule has 1 fully saturated rings. The number of nitrogens with zero attached hydrogens (tertiary/aromatic N) is 1. The Labute approximate surface area is 209 Å². The predicted octanol–water partition coefficient (Wildman–Crippen LogP) is 8.98. The highest BCUT2D eigenvalue weighted by Gasteiger charge is 2.34. The molecule has 3 aromatic carbocycles. The van der Waals surface area contributed by atoms with Crippen LogP contribution in [0.5, 0.6) is 11.5 Å². The molecule has 2 heteroatoms. The van der Waals surface area contributed by atoms with Crippen molar-refractivity contribution in [3.8, 4) is 22.8 Å². The van der Waals surface area contributed by atoms with Crippen LogP contribution < -0.4 is 9.30 Å². The summed E-state index contributed by atoms with van der Waals surface area (Å²) >= 11 is 0. The Bertz CT molecular complexity index is 1480. The second-order valence-corrected chi connectivity index (χ2v) is 11.4. The van der Waals surface area contributed by atoms with Crippen LogP contribution in [0, 0.1) is 26.2 Å². The van der Waals surface area contributed by atoms with Crippen LogP contribution in [0.1, 0.15) is 80.5 Å². The van der Waals surface area contributed by atoms with Gasteiger partial charge in [0.15, 0.2) is 6.20 Å². The highest BCUT2D eigenvalue weighted by Crippen LogP contribution is 2.51. The van der Waals surface area contributed by atoms with Crippen LogP contribution in [-0.2, 0) is 7.05 Å². The number of hydrogen-bond donors (Lipinski definition) is 0. The van der Waals surface area contributed by atoms with Crippen molar-refractivity contribution in [3.63, 3.8) is 0 Å². The smallest absolute Gasteiger partial charge is 0.257 e. The summed E-state index contributed by atoms with van der Waals surface area (Å²) in [6.45, 7) is 11.4. The van der Waals surface area contributed by atoms with Gasteiger partial charge in [-0.25, -0.2) is 0 Å². The second-order valence-electron chi connectivity index (χ2n) is 11.4. The van der Waals surface area contributed by atoms with Gasteiger partial charge < -0.3 is 4.74 Å². The minimum Gasteiger partial charge on any atom is -0.449 e. The van der Waals surface area contributed by atoms with Gasteiger partial charge in [0.25, 0.3) is 5.69 Å². The molecule has 0 N–H and O–H groups in total. The zero-order valence-corrected chi connectivity index (χ0v) is 22.2. The summed E-state index contributed by atoms with van der Waals surface area (Å²) in [7, 11) is 2.17. The molecular weight excluding hydrogens is 426 g/mol. The average molecular weight is 465 g/mol. The first-order valence-corrected chi connectivity index (χ1v) is 13.5. The number of aryl methyl sites for hydroxylation is 3. The van der Waals surface area contributed by atoms with Gasteiger partial charge in [-0.2, -0.15) is 4.57 Å². The SMILES string of the molecule is CCC1(CC)CCC(c2ccc3c[n+](C)c4c(c3c2)Oc2cc(C)cc3cc(C)c(C)c-4c23)CC1. The van der Waals surface area contributed by atoms with E-state index in [2.05, 4.69) is 88.8 Å². The lowest BCUT2D eigenvalue weighted by Gasteiger charge is -2.39. The average Bonchev–Trinajstić information content (AvgIpc) is 2.86. The third-order valence-corrected chi connectivity index (χ3v) is 9.55.